The van der Waals surface area contributed by atoms with E-state index in [0.29, 0.717) is 0 Å². The highest BCUT2D eigenvalue weighted by molar-refractivity contribution is 5.82. The minimum atomic E-state index is -0.215. The molecule has 5 nitrogen and oxygen atoms in total. The van der Waals surface area contributed by atoms with Crippen LogP contribution in [0.5, 0.6) is 0 Å². The molecule has 0 aliphatic rings. The topological polar surface area (TPSA) is 73.4 Å². The van der Waals surface area contributed by atoms with Crippen LogP contribution in [0.25, 0.3) is 0 Å². The highest BCUT2D eigenvalue weighted by atomic mass is 16.3. The van der Waals surface area contributed by atoms with Crippen molar-refractivity contribution in [3.63, 3.8) is 0 Å². The highest BCUT2D eigenvalue weighted by Gasteiger charge is 2.26. The number of nitrogens with one attached hydrogen (secondary N) is 3. The Labute approximate surface area is 136 Å². The molecule has 0 aliphatic carbocycles. The summed E-state index contributed by atoms with van der Waals surface area (Å²) >= 11 is 0. The Kier molecular flexibility index (Phi) is 9.20. The van der Waals surface area contributed by atoms with Crippen LogP contribution in [0.1, 0.15) is 67.7 Å². The molecule has 0 fully saturated rings. The monoisotopic (exact) mass is 315 g/mol. The number of amides is 1. The average molecular weight is 316 g/mol. The summed E-state index contributed by atoms with van der Waals surface area (Å²) in [5.41, 5.74) is -0.309. The van der Waals surface area contributed by atoms with E-state index in [9.17, 15) is 4.79 Å². The molecule has 0 aliphatic heterocycles. The van der Waals surface area contributed by atoms with Crippen molar-refractivity contribution in [1.82, 2.24) is 16.0 Å². The summed E-state index contributed by atoms with van der Waals surface area (Å²) in [6.07, 6.45) is 2.78. The van der Waals surface area contributed by atoms with Gasteiger partial charge in [-0.3, -0.25) is 4.79 Å². The second kappa shape index (κ2) is 9.48. The van der Waals surface area contributed by atoms with Gasteiger partial charge in [-0.05, 0) is 67.9 Å². The molecule has 1 amide bonds. The van der Waals surface area contributed by atoms with Crippen molar-refractivity contribution in [2.24, 2.45) is 0 Å². The van der Waals surface area contributed by atoms with Gasteiger partial charge in [0.05, 0.1) is 12.6 Å². The summed E-state index contributed by atoms with van der Waals surface area (Å²) in [6.45, 7) is 15.2. The lowest BCUT2D eigenvalue weighted by atomic mass is 10.0. The molecule has 4 N–H and O–H groups in total. The van der Waals surface area contributed by atoms with Gasteiger partial charge >= 0.3 is 0 Å². The molecule has 0 bridgehead atoms. The fraction of sp³-hybridized carbons (Fsp3) is 0.941. The van der Waals surface area contributed by atoms with Gasteiger partial charge in [-0.1, -0.05) is 6.42 Å². The Bertz CT molecular complexity index is 319. The maximum atomic E-state index is 12.4. The predicted octanol–water partition coefficient (Wildman–Crippen LogP) is 1.80. The van der Waals surface area contributed by atoms with Crippen LogP contribution in [0, 0.1) is 0 Å². The molecular weight excluding hydrogens is 278 g/mol. The second-order valence-corrected chi connectivity index (χ2v) is 8.22. The van der Waals surface area contributed by atoms with Crippen LogP contribution in [0.2, 0.25) is 0 Å². The van der Waals surface area contributed by atoms with Crippen LogP contribution >= 0.6 is 0 Å². The predicted molar refractivity (Wildman–Crippen MR) is 93.0 cm³/mol. The molecule has 0 radical (unpaired) electrons. The summed E-state index contributed by atoms with van der Waals surface area (Å²) in [4.78, 5) is 12.4. The van der Waals surface area contributed by atoms with E-state index in [2.05, 4.69) is 36.7 Å². The van der Waals surface area contributed by atoms with Crippen LogP contribution in [-0.2, 0) is 4.79 Å². The molecule has 22 heavy (non-hydrogen) atoms. The number of rotatable bonds is 9. The van der Waals surface area contributed by atoms with Crippen molar-refractivity contribution in [2.75, 3.05) is 13.2 Å². The van der Waals surface area contributed by atoms with Gasteiger partial charge in [0.15, 0.2) is 0 Å². The van der Waals surface area contributed by atoms with E-state index in [-0.39, 0.29) is 35.7 Å². The number of aliphatic hydroxyl groups excluding tert-OH is 1. The van der Waals surface area contributed by atoms with Crippen LogP contribution in [0.4, 0.5) is 0 Å². The Morgan fingerprint density at radius 2 is 1.64 bits per heavy atom. The molecular formula is C17H37N3O2. The molecule has 0 aromatic carbocycles. The van der Waals surface area contributed by atoms with Gasteiger partial charge in [-0.15, -0.1) is 0 Å². The molecule has 0 spiro atoms. The largest absolute Gasteiger partial charge is 0.395 e. The molecule has 2 atom stereocenters. The highest BCUT2D eigenvalue weighted by Crippen LogP contribution is 2.09. The maximum absolute atomic E-state index is 12.4. The van der Waals surface area contributed by atoms with Crippen LogP contribution in [0.15, 0.2) is 0 Å². The Morgan fingerprint density at radius 3 is 2.09 bits per heavy atom. The fourth-order valence-corrected chi connectivity index (χ4v) is 2.13. The van der Waals surface area contributed by atoms with Crippen molar-refractivity contribution >= 4 is 5.91 Å². The summed E-state index contributed by atoms with van der Waals surface area (Å²) in [6, 6.07) is -0.0397. The van der Waals surface area contributed by atoms with Crippen LogP contribution in [0.3, 0.4) is 0 Å². The molecule has 0 saturated carbocycles. The standard InChI is InChI=1S/C17H37N3O2/c1-13(12-21)18-11-9-8-10-14(19-16(2,3)4)15(22)20-17(5,6)7/h13-14,18-19,21H,8-12H2,1-7H3,(H,20,22)/t13?,14-/m0/s1. The molecule has 0 heterocycles. The Balaban J connectivity index is 4.34. The van der Waals surface area contributed by atoms with Crippen molar-refractivity contribution < 1.29 is 9.90 Å². The van der Waals surface area contributed by atoms with Gasteiger partial charge in [0, 0.05) is 17.1 Å². The van der Waals surface area contributed by atoms with Crippen molar-refractivity contribution in [1.29, 1.82) is 0 Å². The quantitative estimate of drug-likeness (QED) is 0.490. The second-order valence-electron chi connectivity index (χ2n) is 8.22. The van der Waals surface area contributed by atoms with Gasteiger partial charge in [0.1, 0.15) is 0 Å². The average Bonchev–Trinajstić information content (AvgIpc) is 2.33. The number of hydrogen-bond acceptors (Lipinski definition) is 4. The van der Waals surface area contributed by atoms with Gasteiger partial charge in [0.2, 0.25) is 5.91 Å². The Hall–Kier alpha value is -0.650. The third-order valence-electron chi connectivity index (χ3n) is 3.11. The fourth-order valence-electron chi connectivity index (χ4n) is 2.13. The number of unbranched alkanes of at least 4 members (excludes halogenated alkanes) is 1. The molecule has 132 valence electrons. The van der Waals surface area contributed by atoms with Gasteiger partial charge in [0.25, 0.3) is 0 Å². The molecule has 0 saturated heterocycles. The maximum Gasteiger partial charge on any atom is 0.237 e. The zero-order chi connectivity index (χ0) is 17.4. The lowest BCUT2D eigenvalue weighted by Gasteiger charge is -2.31. The first kappa shape index (κ1) is 21.4. The lowest BCUT2D eigenvalue weighted by molar-refractivity contribution is -0.125. The third-order valence-corrected chi connectivity index (χ3v) is 3.11. The van der Waals surface area contributed by atoms with E-state index in [1.165, 1.54) is 0 Å². The van der Waals surface area contributed by atoms with E-state index in [1.54, 1.807) is 0 Å². The van der Waals surface area contributed by atoms with Crippen LogP contribution in [-0.4, -0.2) is 47.3 Å². The number of carbonyl (C=O) groups excluding carboxylic acids is 1. The number of hydrogen-bond donors (Lipinski definition) is 4. The third kappa shape index (κ3) is 12.0. The van der Waals surface area contributed by atoms with Crippen molar-refractivity contribution in [3.8, 4) is 0 Å². The molecule has 0 rings (SSSR count). The number of carbonyl (C=O) groups is 1. The van der Waals surface area contributed by atoms with E-state index < -0.39 is 0 Å². The SMILES string of the molecule is CC(CO)NCCCC[C@H](NC(C)(C)C)C(=O)NC(C)(C)C. The molecule has 1 unspecified atom stereocenters. The minimum Gasteiger partial charge on any atom is -0.395 e. The molecule has 0 aromatic rings. The van der Waals surface area contributed by atoms with E-state index >= 15 is 0 Å². The smallest absolute Gasteiger partial charge is 0.237 e. The summed E-state index contributed by atoms with van der Waals surface area (Å²) in [5.74, 6) is 0.0686. The summed E-state index contributed by atoms with van der Waals surface area (Å²) < 4.78 is 0. The molecule has 0 aromatic heterocycles. The first-order valence-electron chi connectivity index (χ1n) is 8.38. The van der Waals surface area contributed by atoms with Gasteiger partial charge in [-0.2, -0.15) is 0 Å². The minimum absolute atomic E-state index is 0.0686. The van der Waals surface area contributed by atoms with Crippen LogP contribution < -0.4 is 16.0 Å². The van der Waals surface area contributed by atoms with Crippen molar-refractivity contribution in [3.05, 3.63) is 0 Å². The summed E-state index contributed by atoms with van der Waals surface area (Å²) in [7, 11) is 0. The zero-order valence-corrected chi connectivity index (χ0v) is 15.5. The molecule has 5 heteroatoms. The lowest BCUT2D eigenvalue weighted by Crippen LogP contribution is -2.55. The van der Waals surface area contributed by atoms with E-state index in [4.69, 9.17) is 5.11 Å². The first-order chi connectivity index (χ1) is 9.94. The summed E-state index contributed by atoms with van der Waals surface area (Å²) in [5, 5.41) is 18.7. The van der Waals surface area contributed by atoms with Gasteiger partial charge < -0.3 is 21.1 Å². The van der Waals surface area contributed by atoms with E-state index in [0.717, 1.165) is 25.8 Å². The first-order valence-corrected chi connectivity index (χ1v) is 8.38. The van der Waals surface area contributed by atoms with E-state index in [1.807, 2.05) is 27.7 Å². The Morgan fingerprint density at radius 1 is 1.05 bits per heavy atom. The normalized spacial score (nSPS) is 15.5. The zero-order valence-electron chi connectivity index (χ0n) is 15.5. The van der Waals surface area contributed by atoms with Gasteiger partial charge in [-0.25, -0.2) is 0 Å². The number of aliphatic hydroxyl groups is 1. The van der Waals surface area contributed by atoms with Crippen molar-refractivity contribution in [2.45, 2.75) is 90.9 Å².